The van der Waals surface area contributed by atoms with E-state index >= 15 is 0 Å². The Bertz CT molecular complexity index is 469. The SMILES string of the molecule is C[N](c1cccc2cccnc12)[Al]([CH3])[CH3].[CH3-].[CH3-].[Ni+3]. The first kappa shape index (κ1) is 19.8. The van der Waals surface area contributed by atoms with Gasteiger partial charge in [-0.2, -0.15) is 0 Å². The molecule has 0 aliphatic carbocycles. The maximum absolute atomic E-state index is 4.47. The van der Waals surface area contributed by atoms with Gasteiger partial charge in [-0.25, -0.2) is 0 Å². The van der Waals surface area contributed by atoms with E-state index in [0.29, 0.717) is 0 Å². The normalized spacial score (nSPS) is 8.61. The molecule has 0 aliphatic rings. The number of pyridine rings is 1. The fourth-order valence-electron chi connectivity index (χ4n) is 1.65. The summed E-state index contributed by atoms with van der Waals surface area (Å²) in [6.07, 6.45) is 1.86. The summed E-state index contributed by atoms with van der Waals surface area (Å²) in [6.45, 7) is 0. The molecule has 0 saturated carbocycles. The number of rotatable bonds is 2. The van der Waals surface area contributed by atoms with Crippen molar-refractivity contribution in [3.63, 3.8) is 0 Å². The van der Waals surface area contributed by atoms with Crippen LogP contribution < -0.4 is 3.88 Å². The topological polar surface area (TPSA) is 16.1 Å². The summed E-state index contributed by atoms with van der Waals surface area (Å²) in [7, 11) is 2.17. The van der Waals surface area contributed by atoms with Crippen LogP contribution in [-0.2, 0) is 16.5 Å². The molecule has 0 aliphatic heterocycles. The van der Waals surface area contributed by atoms with Crippen molar-refractivity contribution in [3.8, 4) is 0 Å². The van der Waals surface area contributed by atoms with Crippen molar-refractivity contribution in [2.45, 2.75) is 11.6 Å². The van der Waals surface area contributed by atoms with Crippen molar-refractivity contribution in [2.24, 2.45) is 0 Å². The molecule has 0 bridgehead atoms. The molecule has 4 heteroatoms. The maximum atomic E-state index is 4.47. The quantitative estimate of drug-likeness (QED) is 0.619. The molecule has 0 unspecified atom stereocenters. The van der Waals surface area contributed by atoms with E-state index in [1.54, 1.807) is 0 Å². The molecule has 99 valence electrons. The van der Waals surface area contributed by atoms with Crippen LogP contribution in [0.4, 0.5) is 5.69 Å². The van der Waals surface area contributed by atoms with Crippen LogP contribution in [0.1, 0.15) is 0 Å². The van der Waals surface area contributed by atoms with Crippen LogP contribution in [0, 0.1) is 14.9 Å². The molecule has 0 spiro atoms. The number of benzene rings is 1. The standard InChI is InChI=1S/C10H9N2.4CH3.Al.Ni/c1-11-9-6-2-4-8-5-3-7-12-10(8)9;;;;;;/h2-7H,1H3;4*1H3;;/q-1;;;2*-1;+1;+3. The summed E-state index contributed by atoms with van der Waals surface area (Å²) < 4.78 is 2.38. The first-order valence-electron chi connectivity index (χ1n) is 5.26. The van der Waals surface area contributed by atoms with E-state index in [4.69, 9.17) is 0 Å². The summed E-state index contributed by atoms with van der Waals surface area (Å²) in [5.74, 6) is 4.64. The Balaban J connectivity index is 0. The molecule has 1 aromatic carbocycles. The first-order valence-corrected chi connectivity index (χ1v) is 8.09. The van der Waals surface area contributed by atoms with Gasteiger partial charge < -0.3 is 18.7 Å². The third kappa shape index (κ3) is 3.99. The summed E-state index contributed by atoms with van der Waals surface area (Å²) in [5, 5.41) is 1.22. The molecule has 0 N–H and O–H groups in total. The van der Waals surface area contributed by atoms with E-state index in [0.717, 1.165) is 5.52 Å². The van der Waals surface area contributed by atoms with Gasteiger partial charge in [-0.3, -0.25) is 4.98 Å². The van der Waals surface area contributed by atoms with E-state index in [9.17, 15) is 0 Å². The van der Waals surface area contributed by atoms with Crippen molar-refractivity contribution in [2.75, 3.05) is 10.9 Å². The van der Waals surface area contributed by atoms with Gasteiger partial charge in [0.15, 0.2) is 0 Å². The van der Waals surface area contributed by atoms with Crippen LogP contribution in [-0.4, -0.2) is 26.4 Å². The smallest absolute Gasteiger partial charge is 0.464 e. The third-order valence-corrected chi connectivity index (χ3v) is 4.59. The molecule has 0 saturated heterocycles. The van der Waals surface area contributed by atoms with Gasteiger partial charge in [0.2, 0.25) is 0 Å². The van der Waals surface area contributed by atoms with Gasteiger partial charge in [0.1, 0.15) is 0 Å². The third-order valence-electron chi connectivity index (χ3n) is 2.77. The average molecular weight is 303 g/mol. The molecule has 2 nitrogen and oxygen atoms in total. The van der Waals surface area contributed by atoms with Crippen LogP contribution in [0.15, 0.2) is 36.5 Å². The van der Waals surface area contributed by atoms with Crippen LogP contribution >= 0.6 is 0 Å². The van der Waals surface area contributed by atoms with Crippen LogP contribution in [0.25, 0.3) is 10.9 Å². The van der Waals surface area contributed by atoms with Crippen LogP contribution in [0.2, 0.25) is 11.6 Å². The Morgan fingerprint density at radius 1 is 1.06 bits per heavy atom. The second kappa shape index (κ2) is 8.54. The van der Waals surface area contributed by atoms with E-state index in [-0.39, 0.29) is 31.3 Å². The largest absolute Gasteiger partial charge is 3.00 e. The minimum Gasteiger partial charge on any atom is -0.464 e. The summed E-state index contributed by atoms with van der Waals surface area (Å²) in [4.78, 5) is 4.47. The van der Waals surface area contributed by atoms with Crippen molar-refractivity contribution in [1.82, 2.24) is 4.98 Å². The van der Waals surface area contributed by atoms with Gasteiger partial charge in [0.25, 0.3) is 0 Å². The van der Waals surface area contributed by atoms with E-state index in [2.05, 4.69) is 51.8 Å². The fourth-order valence-corrected chi connectivity index (χ4v) is 2.42. The molecular weight excluding hydrogens is 282 g/mol. The molecule has 1 aromatic heterocycles. The molecule has 2 rings (SSSR count). The van der Waals surface area contributed by atoms with Gasteiger partial charge in [-0.05, 0) is 19.2 Å². The zero-order valence-corrected chi connectivity index (χ0v) is 13.9. The molecular formula is C14H21AlN2Ni+. The molecule has 0 amide bonds. The molecule has 18 heavy (non-hydrogen) atoms. The van der Waals surface area contributed by atoms with Crippen LogP contribution in [0.5, 0.6) is 0 Å². The predicted octanol–water partition coefficient (Wildman–Crippen LogP) is 3.82. The van der Waals surface area contributed by atoms with Crippen LogP contribution in [0.3, 0.4) is 0 Å². The molecule has 2 aromatic rings. The van der Waals surface area contributed by atoms with Gasteiger partial charge in [-0.15, -0.1) is 0 Å². The van der Waals surface area contributed by atoms with E-state index in [1.807, 2.05) is 12.3 Å². The molecule has 0 fully saturated rings. The average Bonchev–Trinajstić information content (AvgIpc) is 2.27. The van der Waals surface area contributed by atoms with Crippen molar-refractivity contribution >= 4 is 31.0 Å². The summed E-state index contributed by atoms with van der Waals surface area (Å²) in [5.41, 5.74) is 2.37. The summed E-state index contributed by atoms with van der Waals surface area (Å²) in [6, 6.07) is 10.5. The number of nitrogens with zero attached hydrogens (tertiary/aromatic N) is 2. The number of hydrogen-bond acceptors (Lipinski definition) is 2. The Kier molecular flexibility index (Phi) is 9.39. The zero-order valence-electron chi connectivity index (χ0n) is 11.8. The van der Waals surface area contributed by atoms with Gasteiger partial charge in [0, 0.05) is 17.3 Å². The minimum absolute atomic E-state index is 0. The molecule has 1 heterocycles. The van der Waals surface area contributed by atoms with Gasteiger partial charge >= 0.3 is 30.9 Å². The van der Waals surface area contributed by atoms with Crippen molar-refractivity contribution in [1.29, 1.82) is 0 Å². The van der Waals surface area contributed by atoms with Gasteiger partial charge in [-0.1, -0.05) is 29.8 Å². The van der Waals surface area contributed by atoms with Crippen molar-refractivity contribution in [3.05, 3.63) is 51.4 Å². The van der Waals surface area contributed by atoms with Gasteiger partial charge in [0.05, 0.1) is 5.52 Å². The van der Waals surface area contributed by atoms with E-state index < -0.39 is 14.4 Å². The molecule has 1 radical (unpaired) electrons. The Morgan fingerprint density at radius 3 is 2.28 bits per heavy atom. The maximum Gasteiger partial charge on any atom is 3.00 e. The Hall–Kier alpha value is -0.544. The second-order valence-corrected chi connectivity index (χ2v) is 7.02. The second-order valence-electron chi connectivity index (χ2n) is 4.06. The minimum atomic E-state index is -0.806. The number of hydrogen-bond donors (Lipinski definition) is 0. The summed E-state index contributed by atoms with van der Waals surface area (Å²) >= 11 is -0.806. The number of para-hydroxylation sites is 1. The first-order chi connectivity index (χ1) is 7.20. The predicted molar refractivity (Wildman–Crippen MR) is 80.5 cm³/mol. The Morgan fingerprint density at radius 2 is 1.67 bits per heavy atom. The van der Waals surface area contributed by atoms with Crippen molar-refractivity contribution < 1.29 is 16.5 Å². The number of fused-ring (bicyclic) bond motifs is 1. The Labute approximate surface area is 126 Å². The molecule has 0 atom stereocenters. The fraction of sp³-hybridized carbons (Fsp3) is 0.214. The number of aromatic nitrogens is 1. The number of anilines is 1. The zero-order chi connectivity index (χ0) is 10.8. The monoisotopic (exact) mass is 302 g/mol. The van der Waals surface area contributed by atoms with E-state index in [1.165, 1.54) is 11.1 Å².